The Bertz CT molecular complexity index is 523. The van der Waals surface area contributed by atoms with Crippen molar-refractivity contribution < 1.29 is 9.53 Å². The first-order chi connectivity index (χ1) is 9.29. The maximum atomic E-state index is 11.8. The third-order valence-corrected chi connectivity index (χ3v) is 3.57. The number of hydrogen-bond acceptors (Lipinski definition) is 3. The highest BCUT2D eigenvalue weighted by Crippen LogP contribution is 2.10. The summed E-state index contributed by atoms with van der Waals surface area (Å²) in [7, 11) is 1.67. The van der Waals surface area contributed by atoms with Crippen LogP contribution in [0.5, 0.6) is 0 Å². The molecule has 0 aliphatic rings. The smallest absolute Gasteiger partial charge is 0.224 e. The van der Waals surface area contributed by atoms with E-state index in [2.05, 4.69) is 5.32 Å². The number of nitrogens with one attached hydrogen (secondary N) is 1. The number of benzene rings is 1. The molecule has 4 heteroatoms. The fraction of sp³-hybridized carbons (Fsp3) is 0.267. The predicted molar refractivity (Wildman–Crippen MR) is 77.0 cm³/mol. The van der Waals surface area contributed by atoms with Crippen molar-refractivity contribution in [1.82, 2.24) is 5.32 Å². The SMILES string of the molecule is COCc1ccccc1CNC(=O)Cc1ccsc1. The topological polar surface area (TPSA) is 38.3 Å². The Balaban J connectivity index is 1.89. The third-order valence-electron chi connectivity index (χ3n) is 2.84. The van der Waals surface area contributed by atoms with Gasteiger partial charge in [-0.2, -0.15) is 11.3 Å². The predicted octanol–water partition coefficient (Wildman–Crippen LogP) is 2.75. The number of amides is 1. The summed E-state index contributed by atoms with van der Waals surface area (Å²) in [6.07, 6.45) is 0.440. The molecular weight excluding hydrogens is 258 g/mol. The Morgan fingerprint density at radius 3 is 2.74 bits per heavy atom. The Morgan fingerprint density at radius 2 is 2.05 bits per heavy atom. The van der Waals surface area contributed by atoms with Gasteiger partial charge in [0.2, 0.25) is 5.91 Å². The van der Waals surface area contributed by atoms with Gasteiger partial charge in [-0.25, -0.2) is 0 Å². The lowest BCUT2D eigenvalue weighted by atomic mass is 10.1. The zero-order valence-corrected chi connectivity index (χ0v) is 11.7. The van der Waals surface area contributed by atoms with Crippen LogP contribution in [0.15, 0.2) is 41.1 Å². The van der Waals surface area contributed by atoms with Gasteiger partial charge in [-0.3, -0.25) is 4.79 Å². The number of hydrogen-bond donors (Lipinski definition) is 1. The summed E-state index contributed by atoms with van der Waals surface area (Å²) in [5.41, 5.74) is 3.27. The molecule has 1 aromatic heterocycles. The van der Waals surface area contributed by atoms with Crippen LogP contribution in [0.25, 0.3) is 0 Å². The average Bonchev–Trinajstić information content (AvgIpc) is 2.91. The van der Waals surface area contributed by atoms with Crippen LogP contribution in [0.4, 0.5) is 0 Å². The van der Waals surface area contributed by atoms with E-state index in [-0.39, 0.29) is 5.91 Å². The van der Waals surface area contributed by atoms with Gasteiger partial charge in [-0.05, 0) is 33.5 Å². The standard InChI is InChI=1S/C15H17NO2S/c1-18-10-14-5-3-2-4-13(14)9-16-15(17)8-12-6-7-19-11-12/h2-7,11H,8-10H2,1H3,(H,16,17). The van der Waals surface area contributed by atoms with E-state index in [1.807, 2.05) is 41.1 Å². The summed E-state index contributed by atoms with van der Waals surface area (Å²) in [4.78, 5) is 11.8. The zero-order valence-electron chi connectivity index (χ0n) is 10.9. The lowest BCUT2D eigenvalue weighted by molar-refractivity contribution is -0.120. The molecule has 2 aromatic rings. The highest BCUT2D eigenvalue weighted by atomic mass is 32.1. The minimum Gasteiger partial charge on any atom is -0.380 e. The molecule has 0 unspecified atom stereocenters. The summed E-state index contributed by atoms with van der Waals surface area (Å²) in [6, 6.07) is 9.96. The van der Waals surface area contributed by atoms with E-state index in [0.717, 1.165) is 16.7 Å². The lowest BCUT2D eigenvalue weighted by Gasteiger charge is -2.09. The van der Waals surface area contributed by atoms with E-state index in [4.69, 9.17) is 4.74 Å². The summed E-state index contributed by atoms with van der Waals surface area (Å²) in [5.74, 6) is 0.0469. The van der Waals surface area contributed by atoms with Crippen LogP contribution in [0, 0.1) is 0 Å². The second kappa shape index (κ2) is 7.07. The molecule has 1 heterocycles. The van der Waals surface area contributed by atoms with Gasteiger partial charge in [0.25, 0.3) is 0 Å². The van der Waals surface area contributed by atoms with Gasteiger partial charge < -0.3 is 10.1 Å². The maximum absolute atomic E-state index is 11.8. The number of rotatable bonds is 6. The molecule has 0 atom stereocenters. The number of carbonyl (C=O) groups is 1. The number of ether oxygens (including phenoxy) is 1. The van der Waals surface area contributed by atoms with Crippen molar-refractivity contribution in [3.8, 4) is 0 Å². The minimum absolute atomic E-state index is 0.0469. The van der Waals surface area contributed by atoms with E-state index in [9.17, 15) is 4.79 Å². The van der Waals surface area contributed by atoms with Crippen LogP contribution in [-0.4, -0.2) is 13.0 Å². The van der Waals surface area contributed by atoms with Crippen molar-refractivity contribution in [2.45, 2.75) is 19.6 Å². The molecule has 0 bridgehead atoms. The minimum atomic E-state index is 0.0469. The van der Waals surface area contributed by atoms with Crippen LogP contribution in [0.2, 0.25) is 0 Å². The second-order valence-corrected chi connectivity index (χ2v) is 5.07. The van der Waals surface area contributed by atoms with Gasteiger partial charge in [0.1, 0.15) is 0 Å². The first kappa shape index (κ1) is 13.8. The Hall–Kier alpha value is -1.65. The first-order valence-electron chi connectivity index (χ1n) is 6.13. The van der Waals surface area contributed by atoms with Crippen LogP contribution in [0.1, 0.15) is 16.7 Å². The van der Waals surface area contributed by atoms with Crippen molar-refractivity contribution in [1.29, 1.82) is 0 Å². The Kier molecular flexibility index (Phi) is 5.12. The highest BCUT2D eigenvalue weighted by Gasteiger charge is 2.06. The lowest BCUT2D eigenvalue weighted by Crippen LogP contribution is -2.24. The van der Waals surface area contributed by atoms with Crippen molar-refractivity contribution in [3.05, 3.63) is 57.8 Å². The molecule has 1 amide bonds. The summed E-state index contributed by atoms with van der Waals surface area (Å²) in [6.45, 7) is 1.11. The highest BCUT2D eigenvalue weighted by molar-refractivity contribution is 7.07. The molecule has 1 aromatic carbocycles. The van der Waals surface area contributed by atoms with Gasteiger partial charge in [0, 0.05) is 13.7 Å². The summed E-state index contributed by atoms with van der Waals surface area (Å²) < 4.78 is 5.15. The molecule has 3 nitrogen and oxygen atoms in total. The molecule has 0 aliphatic carbocycles. The Morgan fingerprint density at radius 1 is 1.26 bits per heavy atom. The van der Waals surface area contributed by atoms with Crippen LogP contribution >= 0.6 is 11.3 Å². The summed E-state index contributed by atoms with van der Waals surface area (Å²) >= 11 is 1.61. The molecule has 1 N–H and O–H groups in total. The molecule has 2 rings (SSSR count). The number of carbonyl (C=O) groups excluding carboxylic acids is 1. The van der Waals surface area contributed by atoms with Crippen LogP contribution < -0.4 is 5.32 Å². The van der Waals surface area contributed by atoms with Gasteiger partial charge in [0.15, 0.2) is 0 Å². The van der Waals surface area contributed by atoms with Gasteiger partial charge >= 0.3 is 0 Å². The van der Waals surface area contributed by atoms with Crippen LogP contribution in [-0.2, 0) is 29.1 Å². The molecule has 0 fully saturated rings. The van der Waals surface area contributed by atoms with Crippen molar-refractivity contribution >= 4 is 17.2 Å². The molecule has 0 spiro atoms. The number of methoxy groups -OCH3 is 1. The van der Waals surface area contributed by atoms with Crippen molar-refractivity contribution in [2.75, 3.05) is 7.11 Å². The molecule has 0 radical (unpaired) electrons. The van der Waals surface area contributed by atoms with Gasteiger partial charge in [0.05, 0.1) is 13.0 Å². The summed E-state index contributed by atoms with van der Waals surface area (Å²) in [5, 5.41) is 6.93. The average molecular weight is 275 g/mol. The van der Waals surface area contributed by atoms with E-state index >= 15 is 0 Å². The quantitative estimate of drug-likeness (QED) is 0.880. The molecule has 0 saturated carbocycles. The van der Waals surface area contributed by atoms with Gasteiger partial charge in [-0.1, -0.05) is 24.3 Å². The van der Waals surface area contributed by atoms with Crippen molar-refractivity contribution in [2.24, 2.45) is 0 Å². The second-order valence-electron chi connectivity index (χ2n) is 4.29. The van der Waals surface area contributed by atoms with E-state index < -0.39 is 0 Å². The fourth-order valence-electron chi connectivity index (χ4n) is 1.86. The monoisotopic (exact) mass is 275 g/mol. The molecule has 0 saturated heterocycles. The van der Waals surface area contributed by atoms with E-state index in [1.165, 1.54) is 0 Å². The van der Waals surface area contributed by atoms with Gasteiger partial charge in [-0.15, -0.1) is 0 Å². The van der Waals surface area contributed by atoms with E-state index in [0.29, 0.717) is 19.6 Å². The fourth-order valence-corrected chi connectivity index (χ4v) is 2.53. The van der Waals surface area contributed by atoms with Crippen LogP contribution in [0.3, 0.4) is 0 Å². The zero-order chi connectivity index (χ0) is 13.5. The normalized spacial score (nSPS) is 10.4. The molecule has 19 heavy (non-hydrogen) atoms. The largest absolute Gasteiger partial charge is 0.380 e. The third kappa shape index (κ3) is 4.19. The first-order valence-corrected chi connectivity index (χ1v) is 7.07. The van der Waals surface area contributed by atoms with E-state index in [1.54, 1.807) is 18.4 Å². The molecule has 0 aliphatic heterocycles. The number of thiophene rings is 1. The molecule has 100 valence electrons. The van der Waals surface area contributed by atoms with Crippen molar-refractivity contribution in [3.63, 3.8) is 0 Å². The maximum Gasteiger partial charge on any atom is 0.224 e. The Labute approximate surface area is 117 Å². The molecular formula is C15H17NO2S.